The van der Waals surface area contributed by atoms with Crippen molar-refractivity contribution in [2.45, 2.75) is 20.3 Å². The first-order valence-electron chi connectivity index (χ1n) is 7.16. The van der Waals surface area contributed by atoms with Crippen LogP contribution in [0.1, 0.15) is 20.3 Å². The van der Waals surface area contributed by atoms with E-state index in [4.69, 9.17) is 17.3 Å². The van der Waals surface area contributed by atoms with E-state index < -0.39 is 0 Å². The SMILES string of the molecule is CCCN=CC(=CN)Nc1nc(NCC)c2c(Cl)c[nH]c2n1. The zero-order valence-electron chi connectivity index (χ0n) is 12.7. The van der Waals surface area contributed by atoms with Gasteiger partial charge in [0.05, 0.1) is 16.1 Å². The van der Waals surface area contributed by atoms with E-state index in [0.29, 0.717) is 28.1 Å². The van der Waals surface area contributed by atoms with E-state index in [-0.39, 0.29) is 0 Å². The van der Waals surface area contributed by atoms with Crippen molar-refractivity contribution in [2.24, 2.45) is 10.7 Å². The summed E-state index contributed by atoms with van der Waals surface area (Å²) in [5.41, 5.74) is 6.89. The Labute approximate surface area is 134 Å². The van der Waals surface area contributed by atoms with E-state index >= 15 is 0 Å². The zero-order chi connectivity index (χ0) is 15.9. The van der Waals surface area contributed by atoms with E-state index in [1.54, 1.807) is 12.4 Å². The lowest BCUT2D eigenvalue weighted by molar-refractivity contribution is 0.936. The van der Waals surface area contributed by atoms with Gasteiger partial charge >= 0.3 is 0 Å². The third-order valence-corrected chi connectivity index (χ3v) is 3.14. The maximum absolute atomic E-state index is 6.16. The first-order chi connectivity index (χ1) is 10.7. The van der Waals surface area contributed by atoms with Crippen molar-refractivity contribution in [3.63, 3.8) is 0 Å². The number of aromatic amines is 1. The summed E-state index contributed by atoms with van der Waals surface area (Å²) in [7, 11) is 0. The van der Waals surface area contributed by atoms with Gasteiger partial charge in [-0.1, -0.05) is 18.5 Å². The van der Waals surface area contributed by atoms with Crippen molar-refractivity contribution in [3.8, 4) is 0 Å². The number of fused-ring (bicyclic) bond motifs is 1. The van der Waals surface area contributed by atoms with Crippen molar-refractivity contribution in [2.75, 3.05) is 23.7 Å². The number of H-pyrrole nitrogens is 1. The van der Waals surface area contributed by atoms with E-state index in [0.717, 1.165) is 24.9 Å². The number of hydrogen-bond acceptors (Lipinski definition) is 6. The molecular formula is C14H20ClN7. The molecule has 0 saturated carbocycles. The van der Waals surface area contributed by atoms with E-state index in [9.17, 15) is 0 Å². The second-order valence-corrected chi connectivity index (χ2v) is 4.98. The van der Waals surface area contributed by atoms with Gasteiger partial charge in [-0.05, 0) is 13.3 Å². The molecule has 0 aromatic carbocycles. The number of nitrogens with zero attached hydrogens (tertiary/aromatic N) is 3. The number of nitrogens with two attached hydrogens (primary N) is 1. The van der Waals surface area contributed by atoms with Crippen LogP contribution < -0.4 is 16.4 Å². The second-order valence-electron chi connectivity index (χ2n) is 4.57. The molecule has 0 fully saturated rings. The molecule has 0 aliphatic heterocycles. The number of allylic oxidation sites excluding steroid dienone is 1. The van der Waals surface area contributed by atoms with Gasteiger partial charge in [0.1, 0.15) is 11.5 Å². The van der Waals surface area contributed by atoms with E-state index in [1.165, 1.54) is 6.20 Å². The maximum Gasteiger partial charge on any atom is 0.231 e. The first kappa shape index (κ1) is 16.1. The summed E-state index contributed by atoms with van der Waals surface area (Å²) in [5, 5.41) is 7.58. The Morgan fingerprint density at radius 1 is 1.45 bits per heavy atom. The summed E-state index contributed by atoms with van der Waals surface area (Å²) >= 11 is 6.16. The maximum atomic E-state index is 6.16. The molecule has 2 aromatic rings. The zero-order valence-corrected chi connectivity index (χ0v) is 13.4. The monoisotopic (exact) mass is 321 g/mol. The van der Waals surface area contributed by atoms with Crippen LogP contribution >= 0.6 is 11.6 Å². The number of anilines is 2. The summed E-state index contributed by atoms with van der Waals surface area (Å²) in [5.74, 6) is 1.09. The van der Waals surface area contributed by atoms with Gasteiger partial charge in [-0.25, -0.2) is 0 Å². The second kappa shape index (κ2) is 7.65. The lowest BCUT2D eigenvalue weighted by Crippen LogP contribution is -2.09. The fourth-order valence-electron chi connectivity index (χ4n) is 1.88. The molecule has 2 rings (SSSR count). The van der Waals surface area contributed by atoms with Crippen LogP contribution in [0, 0.1) is 0 Å². The number of rotatable bonds is 7. The van der Waals surface area contributed by atoms with Crippen LogP contribution in [0.15, 0.2) is 23.1 Å². The average molecular weight is 322 g/mol. The van der Waals surface area contributed by atoms with Crippen LogP contribution in [0.2, 0.25) is 5.02 Å². The van der Waals surface area contributed by atoms with Crippen LogP contribution in [-0.4, -0.2) is 34.3 Å². The van der Waals surface area contributed by atoms with Crippen molar-refractivity contribution >= 4 is 40.6 Å². The summed E-state index contributed by atoms with van der Waals surface area (Å²) in [6, 6.07) is 0. The Hall–Kier alpha value is -2.28. The van der Waals surface area contributed by atoms with Gasteiger partial charge in [0.25, 0.3) is 0 Å². The minimum Gasteiger partial charge on any atom is -0.403 e. The molecule has 0 atom stereocenters. The minimum absolute atomic E-state index is 0.418. The Bertz CT molecular complexity index is 690. The first-order valence-corrected chi connectivity index (χ1v) is 7.54. The highest BCUT2D eigenvalue weighted by Gasteiger charge is 2.12. The van der Waals surface area contributed by atoms with E-state index in [2.05, 4.69) is 37.5 Å². The molecule has 0 aliphatic rings. The fourth-order valence-corrected chi connectivity index (χ4v) is 2.12. The van der Waals surface area contributed by atoms with Crippen LogP contribution in [0.25, 0.3) is 11.0 Å². The van der Waals surface area contributed by atoms with Gasteiger partial charge in [0.15, 0.2) is 0 Å². The third kappa shape index (κ3) is 3.67. The highest BCUT2D eigenvalue weighted by Crippen LogP contribution is 2.29. The molecule has 0 amide bonds. The minimum atomic E-state index is 0.418. The molecule has 0 saturated heterocycles. The molecule has 0 radical (unpaired) electrons. The number of nitrogens with one attached hydrogen (secondary N) is 3. The standard InChI is InChI=1S/C14H20ClN7/c1-3-5-17-7-9(6-16)20-14-21-12(18-4-2)11-10(15)8-19-13(11)22-14/h6-8H,3-5,16H2,1-2H3,(H3,18,19,20,21,22). The lowest BCUT2D eigenvalue weighted by atomic mass is 10.3. The highest BCUT2D eigenvalue weighted by atomic mass is 35.5. The van der Waals surface area contributed by atoms with Gasteiger partial charge in [-0.3, -0.25) is 4.99 Å². The highest BCUT2D eigenvalue weighted by molar-refractivity contribution is 6.36. The number of aromatic nitrogens is 3. The molecule has 2 aromatic heterocycles. The largest absolute Gasteiger partial charge is 0.403 e. The molecule has 7 nitrogen and oxygen atoms in total. The van der Waals surface area contributed by atoms with Crippen molar-refractivity contribution < 1.29 is 0 Å². The summed E-state index contributed by atoms with van der Waals surface area (Å²) in [4.78, 5) is 16.1. The third-order valence-electron chi connectivity index (χ3n) is 2.85. The van der Waals surface area contributed by atoms with Gasteiger partial charge in [0, 0.05) is 31.7 Å². The molecule has 2 heterocycles. The van der Waals surface area contributed by atoms with Gasteiger partial charge in [-0.2, -0.15) is 9.97 Å². The topological polar surface area (TPSA) is 104 Å². The molecule has 22 heavy (non-hydrogen) atoms. The lowest BCUT2D eigenvalue weighted by Gasteiger charge is -2.09. The Kier molecular flexibility index (Phi) is 5.60. The molecular weight excluding hydrogens is 302 g/mol. The summed E-state index contributed by atoms with van der Waals surface area (Å²) in [6.45, 7) is 5.52. The number of halogens is 1. The molecule has 0 bridgehead atoms. The molecule has 118 valence electrons. The van der Waals surface area contributed by atoms with Crippen LogP contribution in [-0.2, 0) is 0 Å². The Morgan fingerprint density at radius 3 is 2.95 bits per heavy atom. The van der Waals surface area contributed by atoms with Crippen LogP contribution in [0.5, 0.6) is 0 Å². The molecule has 0 unspecified atom stereocenters. The van der Waals surface area contributed by atoms with Gasteiger partial charge in [-0.15, -0.1) is 0 Å². The smallest absolute Gasteiger partial charge is 0.231 e. The average Bonchev–Trinajstić information content (AvgIpc) is 2.88. The van der Waals surface area contributed by atoms with Gasteiger partial charge in [0.2, 0.25) is 5.95 Å². The molecule has 0 aliphatic carbocycles. The molecule has 8 heteroatoms. The van der Waals surface area contributed by atoms with Crippen molar-refractivity contribution in [3.05, 3.63) is 23.1 Å². The Morgan fingerprint density at radius 2 is 2.27 bits per heavy atom. The Balaban J connectivity index is 2.31. The predicted molar refractivity (Wildman–Crippen MR) is 92.6 cm³/mol. The quantitative estimate of drug-likeness (QED) is 0.587. The van der Waals surface area contributed by atoms with Crippen LogP contribution in [0.3, 0.4) is 0 Å². The molecule has 5 N–H and O–H groups in total. The summed E-state index contributed by atoms with van der Waals surface area (Å²) in [6.07, 6.45) is 5.77. The van der Waals surface area contributed by atoms with Crippen molar-refractivity contribution in [1.29, 1.82) is 0 Å². The normalized spacial score (nSPS) is 12.2. The number of hydrogen-bond donors (Lipinski definition) is 4. The summed E-state index contributed by atoms with van der Waals surface area (Å²) < 4.78 is 0. The van der Waals surface area contributed by atoms with Crippen molar-refractivity contribution in [1.82, 2.24) is 15.0 Å². The molecule has 0 spiro atoms. The number of aliphatic imine (C=N–C) groups is 1. The predicted octanol–water partition coefficient (Wildman–Crippen LogP) is 2.74. The van der Waals surface area contributed by atoms with E-state index in [1.807, 2.05) is 6.92 Å². The fraction of sp³-hybridized carbons (Fsp3) is 0.357. The van der Waals surface area contributed by atoms with Gasteiger partial charge < -0.3 is 21.4 Å². The van der Waals surface area contributed by atoms with Crippen LogP contribution in [0.4, 0.5) is 11.8 Å².